The molecule has 0 aliphatic rings. The van der Waals surface area contributed by atoms with Crippen LogP contribution >= 0.6 is 0 Å². The van der Waals surface area contributed by atoms with Crippen molar-refractivity contribution in [2.75, 3.05) is 0 Å². The van der Waals surface area contributed by atoms with Crippen LogP contribution in [0.4, 0.5) is 5.69 Å². The van der Waals surface area contributed by atoms with Gasteiger partial charge in [-0.2, -0.15) is 0 Å². The van der Waals surface area contributed by atoms with Crippen molar-refractivity contribution < 1.29 is 9.85 Å². The molecule has 0 unspecified atom stereocenters. The lowest BCUT2D eigenvalue weighted by Gasteiger charge is -1.90. The fourth-order valence-corrected chi connectivity index (χ4v) is 1.28. The van der Waals surface area contributed by atoms with Crippen molar-refractivity contribution in [3.05, 3.63) is 86.5 Å². The van der Waals surface area contributed by atoms with E-state index in [1.54, 1.807) is 42.5 Å². The average Bonchev–Trinajstić information content (AvgIpc) is 2.41. The molecule has 19 heavy (non-hydrogen) atoms. The second-order valence-corrected chi connectivity index (χ2v) is 3.57. The molecule has 0 heterocycles. The van der Waals surface area contributed by atoms with Crippen LogP contribution in [0.15, 0.2) is 60.7 Å². The van der Waals surface area contributed by atoms with E-state index >= 15 is 0 Å². The molecule has 0 aliphatic carbocycles. The number of hydrogen-bond acceptors (Lipinski definition) is 4. The van der Waals surface area contributed by atoms with Crippen molar-refractivity contribution in [1.82, 2.24) is 0 Å². The van der Waals surface area contributed by atoms with E-state index in [1.807, 2.05) is 6.07 Å². The van der Waals surface area contributed by atoms with Crippen molar-refractivity contribution in [2.24, 2.45) is 0 Å². The van der Waals surface area contributed by atoms with E-state index in [9.17, 15) is 20.2 Å². The highest BCUT2D eigenvalue weighted by Crippen LogP contribution is 2.06. The smallest absolute Gasteiger partial charge is 0.264 e. The van der Waals surface area contributed by atoms with Crippen LogP contribution in [0.2, 0.25) is 0 Å². The highest BCUT2D eigenvalue weighted by molar-refractivity contribution is 5.28. The molecule has 0 aromatic heterocycles. The predicted molar refractivity (Wildman–Crippen MR) is 70.2 cm³/mol. The van der Waals surface area contributed by atoms with Gasteiger partial charge in [-0.15, -0.1) is 0 Å². The second-order valence-electron chi connectivity index (χ2n) is 3.57. The van der Waals surface area contributed by atoms with Crippen LogP contribution in [-0.2, 0) is 6.54 Å². The van der Waals surface area contributed by atoms with E-state index < -0.39 is 4.92 Å². The molecule has 2 aromatic carbocycles. The van der Waals surface area contributed by atoms with Crippen molar-refractivity contribution in [3.63, 3.8) is 0 Å². The SMILES string of the molecule is O=[N+]([O-])Cc1ccccc1.O=[N+]([O-])c1ccccc1. The van der Waals surface area contributed by atoms with Gasteiger partial charge in [-0.1, -0.05) is 48.5 Å². The Bertz CT molecular complexity index is 529. The van der Waals surface area contributed by atoms with Crippen molar-refractivity contribution >= 4 is 5.69 Å². The summed E-state index contributed by atoms with van der Waals surface area (Å²) >= 11 is 0. The Morgan fingerprint density at radius 2 is 1.26 bits per heavy atom. The molecular weight excluding hydrogens is 248 g/mol. The molecule has 0 spiro atoms. The summed E-state index contributed by atoms with van der Waals surface area (Å²) < 4.78 is 0. The Morgan fingerprint density at radius 1 is 0.789 bits per heavy atom. The molecular formula is C13H12N2O4. The molecule has 2 aromatic rings. The summed E-state index contributed by atoms with van der Waals surface area (Å²) in [5, 5.41) is 20.0. The van der Waals surface area contributed by atoms with Gasteiger partial charge in [0.05, 0.1) is 4.92 Å². The van der Waals surface area contributed by atoms with Gasteiger partial charge in [0.2, 0.25) is 6.54 Å². The average molecular weight is 260 g/mol. The number of nitro benzene ring substituents is 1. The first-order chi connectivity index (χ1) is 9.09. The van der Waals surface area contributed by atoms with Gasteiger partial charge in [0.15, 0.2) is 0 Å². The summed E-state index contributed by atoms with van der Waals surface area (Å²) in [6, 6.07) is 16.8. The van der Waals surface area contributed by atoms with Gasteiger partial charge in [-0.05, 0) is 0 Å². The van der Waals surface area contributed by atoms with E-state index in [2.05, 4.69) is 0 Å². The first kappa shape index (κ1) is 14.3. The monoisotopic (exact) mass is 260 g/mol. The number of rotatable bonds is 3. The Hall–Kier alpha value is -2.76. The van der Waals surface area contributed by atoms with Crippen LogP contribution in [-0.4, -0.2) is 9.85 Å². The highest BCUT2D eigenvalue weighted by atomic mass is 16.6. The van der Waals surface area contributed by atoms with Crippen LogP contribution in [0.5, 0.6) is 0 Å². The van der Waals surface area contributed by atoms with Crippen LogP contribution in [0.25, 0.3) is 0 Å². The van der Waals surface area contributed by atoms with Gasteiger partial charge in [-0.3, -0.25) is 20.2 Å². The zero-order chi connectivity index (χ0) is 14.1. The topological polar surface area (TPSA) is 86.3 Å². The fourth-order valence-electron chi connectivity index (χ4n) is 1.28. The summed E-state index contributed by atoms with van der Waals surface area (Å²) in [7, 11) is 0. The van der Waals surface area contributed by atoms with E-state index in [1.165, 1.54) is 12.1 Å². The molecule has 0 amide bonds. The Kier molecular flexibility index (Phi) is 5.68. The second kappa shape index (κ2) is 7.54. The van der Waals surface area contributed by atoms with Gasteiger partial charge in [0.25, 0.3) is 5.69 Å². The molecule has 0 aliphatic heterocycles. The number of para-hydroxylation sites is 1. The van der Waals surface area contributed by atoms with E-state index in [-0.39, 0.29) is 17.2 Å². The highest BCUT2D eigenvalue weighted by Gasteiger charge is 1.98. The molecule has 6 nitrogen and oxygen atoms in total. The third-order valence-electron chi connectivity index (χ3n) is 2.12. The van der Waals surface area contributed by atoms with Crippen molar-refractivity contribution in [1.29, 1.82) is 0 Å². The van der Waals surface area contributed by atoms with Gasteiger partial charge < -0.3 is 0 Å². The summed E-state index contributed by atoms with van der Waals surface area (Å²) in [5.74, 6) is 0. The molecule has 0 atom stereocenters. The third kappa shape index (κ3) is 5.92. The molecule has 0 radical (unpaired) electrons. The van der Waals surface area contributed by atoms with E-state index in [0.29, 0.717) is 0 Å². The molecule has 6 heteroatoms. The van der Waals surface area contributed by atoms with Crippen LogP contribution in [0.1, 0.15) is 5.56 Å². The van der Waals surface area contributed by atoms with E-state index in [0.717, 1.165) is 5.56 Å². The quantitative estimate of drug-likeness (QED) is 0.626. The Balaban J connectivity index is 0.000000191. The lowest BCUT2D eigenvalue weighted by Crippen LogP contribution is -1.96. The Morgan fingerprint density at radius 3 is 1.63 bits per heavy atom. The minimum atomic E-state index is -0.417. The summed E-state index contributed by atoms with van der Waals surface area (Å²) in [6.45, 7) is -0.0825. The zero-order valence-corrected chi connectivity index (χ0v) is 10.0. The lowest BCUT2D eigenvalue weighted by atomic mass is 10.2. The normalized spacial score (nSPS) is 9.05. The Labute approximate surface area is 109 Å². The third-order valence-corrected chi connectivity index (χ3v) is 2.12. The van der Waals surface area contributed by atoms with E-state index in [4.69, 9.17) is 0 Å². The summed E-state index contributed by atoms with van der Waals surface area (Å²) in [4.78, 5) is 19.2. The standard InChI is InChI=1S/C7H7NO2.C6H5NO2/c9-8(10)6-7-4-2-1-3-5-7;8-7(9)6-4-2-1-3-5-6/h1-5H,6H2;1-5H. The summed E-state index contributed by atoms with van der Waals surface area (Å²) in [5.41, 5.74) is 0.880. The van der Waals surface area contributed by atoms with Crippen LogP contribution in [0.3, 0.4) is 0 Å². The summed E-state index contributed by atoms with van der Waals surface area (Å²) in [6.07, 6.45) is 0. The fraction of sp³-hybridized carbons (Fsp3) is 0.0769. The lowest BCUT2D eigenvalue weighted by molar-refractivity contribution is -0.496. The number of nitro groups is 2. The maximum atomic E-state index is 10.0. The van der Waals surface area contributed by atoms with Crippen LogP contribution in [0, 0.1) is 20.2 Å². The van der Waals surface area contributed by atoms with Crippen molar-refractivity contribution in [3.8, 4) is 0 Å². The molecule has 0 saturated heterocycles. The minimum Gasteiger partial charge on any atom is -0.264 e. The first-order valence-electron chi connectivity index (χ1n) is 5.45. The van der Waals surface area contributed by atoms with Gasteiger partial charge in [0.1, 0.15) is 0 Å². The maximum Gasteiger partial charge on any atom is 0.269 e. The van der Waals surface area contributed by atoms with Gasteiger partial charge >= 0.3 is 0 Å². The van der Waals surface area contributed by atoms with Crippen LogP contribution < -0.4 is 0 Å². The number of nitrogens with zero attached hydrogens (tertiary/aromatic N) is 2. The minimum absolute atomic E-state index is 0.0825. The molecule has 0 bridgehead atoms. The molecule has 0 saturated carbocycles. The number of hydrogen-bond donors (Lipinski definition) is 0. The van der Waals surface area contributed by atoms with Gasteiger partial charge in [-0.25, -0.2) is 0 Å². The molecule has 0 fully saturated rings. The maximum absolute atomic E-state index is 10.0. The largest absolute Gasteiger partial charge is 0.269 e. The zero-order valence-electron chi connectivity index (χ0n) is 10.0. The first-order valence-corrected chi connectivity index (χ1v) is 5.45. The predicted octanol–water partition coefficient (Wildman–Crippen LogP) is 3.06. The number of benzene rings is 2. The van der Waals surface area contributed by atoms with Crippen molar-refractivity contribution in [2.45, 2.75) is 6.54 Å². The number of non-ortho nitro benzene ring substituents is 1. The molecule has 2 rings (SSSR count). The van der Waals surface area contributed by atoms with Gasteiger partial charge in [0, 0.05) is 22.6 Å². The molecule has 0 N–H and O–H groups in total. The molecule has 98 valence electrons.